The van der Waals surface area contributed by atoms with Gasteiger partial charge in [-0.15, -0.1) is 0 Å². The Hall–Kier alpha value is -2.38. The Morgan fingerprint density at radius 1 is 1.03 bits per heavy atom. The molecule has 2 rings (SSSR count). The zero-order chi connectivity index (χ0) is 21.3. The lowest BCUT2D eigenvalue weighted by Crippen LogP contribution is -2.33. The molecule has 29 heavy (non-hydrogen) atoms. The first-order valence-electron chi connectivity index (χ1n) is 9.87. The first kappa shape index (κ1) is 22.9. The van der Waals surface area contributed by atoms with Gasteiger partial charge in [0.1, 0.15) is 5.75 Å². The number of hydrogen-bond donors (Lipinski definition) is 2. The third kappa shape index (κ3) is 7.18. The SMILES string of the molecule is CCOc1ccc(S(=O)(=O)NCCC(=O)NCC(c2ccccc2)C(C)C)cc1. The van der Waals surface area contributed by atoms with Crippen LogP contribution in [0.4, 0.5) is 0 Å². The molecular weight excluding hydrogens is 388 g/mol. The lowest BCUT2D eigenvalue weighted by atomic mass is 9.88. The molecule has 0 spiro atoms. The van der Waals surface area contributed by atoms with Crippen molar-refractivity contribution in [1.82, 2.24) is 10.0 Å². The number of carbonyl (C=O) groups excluding carboxylic acids is 1. The minimum Gasteiger partial charge on any atom is -0.494 e. The van der Waals surface area contributed by atoms with Crippen molar-refractivity contribution in [1.29, 1.82) is 0 Å². The highest BCUT2D eigenvalue weighted by Crippen LogP contribution is 2.23. The second-order valence-electron chi connectivity index (χ2n) is 7.12. The Labute approximate surface area is 173 Å². The van der Waals surface area contributed by atoms with Crippen molar-refractivity contribution in [2.45, 2.75) is 38.0 Å². The molecule has 0 aliphatic heterocycles. The molecule has 0 aliphatic carbocycles. The van der Waals surface area contributed by atoms with Crippen LogP contribution in [0.15, 0.2) is 59.5 Å². The quantitative estimate of drug-likeness (QED) is 0.586. The van der Waals surface area contributed by atoms with Gasteiger partial charge in [-0.05, 0) is 42.7 Å². The molecule has 0 saturated heterocycles. The zero-order valence-electron chi connectivity index (χ0n) is 17.2. The Balaban J connectivity index is 1.82. The molecule has 0 aliphatic rings. The second-order valence-corrected chi connectivity index (χ2v) is 8.88. The lowest BCUT2D eigenvalue weighted by molar-refractivity contribution is -0.121. The summed E-state index contributed by atoms with van der Waals surface area (Å²) in [4.78, 5) is 12.3. The first-order valence-corrected chi connectivity index (χ1v) is 11.4. The Bertz CT molecular complexity index is 865. The van der Waals surface area contributed by atoms with Crippen molar-refractivity contribution in [3.63, 3.8) is 0 Å². The number of rotatable bonds is 11. The minimum atomic E-state index is -3.66. The van der Waals surface area contributed by atoms with Gasteiger partial charge in [0.05, 0.1) is 11.5 Å². The average molecular weight is 419 g/mol. The summed E-state index contributed by atoms with van der Waals surface area (Å²) in [6, 6.07) is 16.3. The maximum absolute atomic E-state index is 12.3. The number of benzene rings is 2. The first-order chi connectivity index (χ1) is 13.8. The molecule has 158 valence electrons. The molecule has 2 aromatic rings. The largest absolute Gasteiger partial charge is 0.494 e. The summed E-state index contributed by atoms with van der Waals surface area (Å²) in [5, 5.41) is 2.92. The third-order valence-electron chi connectivity index (χ3n) is 4.64. The predicted molar refractivity (Wildman–Crippen MR) is 114 cm³/mol. The van der Waals surface area contributed by atoms with Crippen molar-refractivity contribution >= 4 is 15.9 Å². The monoisotopic (exact) mass is 418 g/mol. The fraction of sp³-hybridized carbons (Fsp3) is 0.409. The minimum absolute atomic E-state index is 0.0407. The van der Waals surface area contributed by atoms with Gasteiger partial charge in [0.2, 0.25) is 15.9 Å². The molecule has 0 saturated carbocycles. The van der Waals surface area contributed by atoms with E-state index in [1.165, 1.54) is 17.7 Å². The van der Waals surface area contributed by atoms with E-state index in [-0.39, 0.29) is 29.7 Å². The van der Waals surface area contributed by atoms with Crippen LogP contribution in [-0.2, 0) is 14.8 Å². The summed E-state index contributed by atoms with van der Waals surface area (Å²) in [5.74, 6) is 1.02. The topological polar surface area (TPSA) is 84.5 Å². The number of carbonyl (C=O) groups is 1. The van der Waals surface area contributed by atoms with Gasteiger partial charge in [-0.25, -0.2) is 13.1 Å². The third-order valence-corrected chi connectivity index (χ3v) is 6.12. The molecule has 1 amide bonds. The summed E-state index contributed by atoms with van der Waals surface area (Å²) in [6.45, 7) is 7.18. The van der Waals surface area contributed by atoms with Crippen LogP contribution in [0.1, 0.15) is 38.7 Å². The maximum atomic E-state index is 12.3. The number of hydrogen-bond acceptors (Lipinski definition) is 4. The van der Waals surface area contributed by atoms with Crippen LogP contribution < -0.4 is 14.8 Å². The molecule has 0 radical (unpaired) electrons. The highest BCUT2D eigenvalue weighted by atomic mass is 32.2. The normalized spacial score (nSPS) is 12.6. The zero-order valence-corrected chi connectivity index (χ0v) is 18.0. The summed E-state index contributed by atoms with van der Waals surface area (Å²) in [6.07, 6.45) is 0.0792. The van der Waals surface area contributed by atoms with E-state index in [1.807, 2.05) is 25.1 Å². The highest BCUT2D eigenvalue weighted by molar-refractivity contribution is 7.89. The standard InChI is InChI=1S/C22H30N2O4S/c1-4-28-19-10-12-20(13-11-19)29(26,27)24-15-14-22(25)23-16-21(17(2)3)18-8-6-5-7-9-18/h5-13,17,21,24H,4,14-16H2,1-3H3,(H,23,25). The Morgan fingerprint density at radius 3 is 2.28 bits per heavy atom. The van der Waals surface area contributed by atoms with Crippen molar-refractivity contribution in [2.24, 2.45) is 5.92 Å². The van der Waals surface area contributed by atoms with E-state index in [4.69, 9.17) is 4.74 Å². The summed E-state index contributed by atoms with van der Waals surface area (Å²) in [7, 11) is -3.66. The van der Waals surface area contributed by atoms with Gasteiger partial charge in [0.15, 0.2) is 0 Å². The van der Waals surface area contributed by atoms with Gasteiger partial charge >= 0.3 is 0 Å². The van der Waals surface area contributed by atoms with E-state index >= 15 is 0 Å². The fourth-order valence-corrected chi connectivity index (χ4v) is 4.05. The lowest BCUT2D eigenvalue weighted by Gasteiger charge is -2.22. The highest BCUT2D eigenvalue weighted by Gasteiger charge is 2.17. The Morgan fingerprint density at radius 2 is 1.69 bits per heavy atom. The van der Waals surface area contributed by atoms with E-state index in [0.717, 1.165) is 0 Å². The maximum Gasteiger partial charge on any atom is 0.240 e. The van der Waals surface area contributed by atoms with Crippen LogP contribution >= 0.6 is 0 Å². The molecule has 2 aromatic carbocycles. The number of ether oxygens (including phenoxy) is 1. The fourth-order valence-electron chi connectivity index (χ4n) is 3.01. The van der Waals surface area contributed by atoms with Gasteiger partial charge in [-0.2, -0.15) is 0 Å². The average Bonchev–Trinajstić information content (AvgIpc) is 2.69. The molecule has 0 fully saturated rings. The molecule has 0 bridgehead atoms. The molecule has 0 heterocycles. The van der Waals surface area contributed by atoms with Gasteiger partial charge in [-0.3, -0.25) is 4.79 Å². The summed E-state index contributed by atoms with van der Waals surface area (Å²) >= 11 is 0. The van der Waals surface area contributed by atoms with E-state index in [9.17, 15) is 13.2 Å². The summed E-state index contributed by atoms with van der Waals surface area (Å²) in [5.41, 5.74) is 1.18. The van der Waals surface area contributed by atoms with E-state index in [2.05, 4.69) is 36.0 Å². The van der Waals surface area contributed by atoms with Crippen molar-refractivity contribution < 1.29 is 17.9 Å². The van der Waals surface area contributed by atoms with Crippen molar-refractivity contribution in [2.75, 3.05) is 19.7 Å². The van der Waals surface area contributed by atoms with E-state index in [0.29, 0.717) is 24.8 Å². The molecule has 1 atom stereocenters. The van der Waals surface area contributed by atoms with Crippen LogP contribution in [0.3, 0.4) is 0 Å². The van der Waals surface area contributed by atoms with E-state index in [1.54, 1.807) is 12.1 Å². The molecule has 7 heteroatoms. The second kappa shape index (κ2) is 11.0. The molecule has 2 N–H and O–H groups in total. The van der Waals surface area contributed by atoms with Crippen LogP contribution in [0.2, 0.25) is 0 Å². The summed E-state index contributed by atoms with van der Waals surface area (Å²) < 4.78 is 32.5. The predicted octanol–water partition coefficient (Wildman–Crippen LogP) is 3.31. The molecular formula is C22H30N2O4S. The molecule has 1 unspecified atom stereocenters. The molecule has 6 nitrogen and oxygen atoms in total. The van der Waals surface area contributed by atoms with Gasteiger partial charge < -0.3 is 10.1 Å². The van der Waals surface area contributed by atoms with Crippen molar-refractivity contribution in [3.05, 3.63) is 60.2 Å². The Kier molecular flexibility index (Phi) is 8.67. The smallest absolute Gasteiger partial charge is 0.240 e. The van der Waals surface area contributed by atoms with Gasteiger partial charge in [0.25, 0.3) is 0 Å². The number of sulfonamides is 1. The number of amides is 1. The molecule has 0 aromatic heterocycles. The van der Waals surface area contributed by atoms with Crippen molar-refractivity contribution in [3.8, 4) is 5.75 Å². The van der Waals surface area contributed by atoms with Crippen LogP contribution in [0.25, 0.3) is 0 Å². The van der Waals surface area contributed by atoms with Crippen LogP contribution in [0, 0.1) is 5.92 Å². The van der Waals surface area contributed by atoms with Gasteiger partial charge in [-0.1, -0.05) is 44.2 Å². The van der Waals surface area contributed by atoms with Gasteiger partial charge in [0, 0.05) is 25.4 Å². The number of nitrogens with one attached hydrogen (secondary N) is 2. The van der Waals surface area contributed by atoms with E-state index < -0.39 is 10.0 Å². The van der Waals surface area contributed by atoms with Crippen LogP contribution in [-0.4, -0.2) is 34.0 Å². The van der Waals surface area contributed by atoms with Crippen LogP contribution in [0.5, 0.6) is 5.75 Å².